The number of piperazine rings is 1. The van der Waals surface area contributed by atoms with E-state index < -0.39 is 15.7 Å². The second kappa shape index (κ2) is 10.1. The van der Waals surface area contributed by atoms with Crippen molar-refractivity contribution in [2.45, 2.75) is 49.6 Å². The zero-order valence-electron chi connectivity index (χ0n) is 19.0. The molecular weight excluding hydrogens is 467 g/mol. The molecule has 0 radical (unpaired) electrons. The maximum absolute atomic E-state index is 14.2. The van der Waals surface area contributed by atoms with Gasteiger partial charge in [0.2, 0.25) is 5.95 Å². The maximum atomic E-state index is 14.2. The van der Waals surface area contributed by atoms with Crippen molar-refractivity contribution in [3.8, 4) is 5.75 Å². The van der Waals surface area contributed by atoms with Crippen molar-refractivity contribution in [3.05, 3.63) is 41.4 Å². The van der Waals surface area contributed by atoms with Gasteiger partial charge in [0.15, 0.2) is 21.4 Å². The first-order valence-electron chi connectivity index (χ1n) is 11.3. The number of hydrogen-bond acceptors (Lipinski definition) is 7. The standard InChI is InChI=1S/C23H30ClFN4O3S/c1-16-14-28(23-26-12-18(24)13-27-23)9-10-29(16)19-5-3-17(4-6-19)15-32-22-8-7-20(11-21(22)25)33(2,30)31/h7-8,11-13,16-17,19H,3-6,9-10,14-15H2,1-2H3/t16-,17?,19?/m1/s1. The van der Waals surface area contributed by atoms with E-state index in [4.69, 9.17) is 16.3 Å². The van der Waals surface area contributed by atoms with Crippen molar-refractivity contribution in [3.63, 3.8) is 0 Å². The summed E-state index contributed by atoms with van der Waals surface area (Å²) in [4.78, 5) is 13.5. The van der Waals surface area contributed by atoms with Gasteiger partial charge in [0.25, 0.3) is 0 Å². The average Bonchev–Trinajstić information content (AvgIpc) is 2.78. The summed E-state index contributed by atoms with van der Waals surface area (Å²) in [6.45, 7) is 5.43. The molecule has 180 valence electrons. The summed E-state index contributed by atoms with van der Waals surface area (Å²) in [5.74, 6) is 0.569. The van der Waals surface area contributed by atoms with Crippen molar-refractivity contribution in [1.82, 2.24) is 14.9 Å². The lowest BCUT2D eigenvalue weighted by Crippen LogP contribution is -2.56. The van der Waals surface area contributed by atoms with Gasteiger partial charge in [0.1, 0.15) is 0 Å². The highest BCUT2D eigenvalue weighted by molar-refractivity contribution is 7.90. The van der Waals surface area contributed by atoms with Crippen LogP contribution >= 0.6 is 11.6 Å². The monoisotopic (exact) mass is 496 g/mol. The van der Waals surface area contributed by atoms with Gasteiger partial charge in [-0.3, -0.25) is 4.90 Å². The second-order valence-corrected chi connectivity index (χ2v) is 11.5. The van der Waals surface area contributed by atoms with E-state index in [1.807, 2.05) is 0 Å². The summed E-state index contributed by atoms with van der Waals surface area (Å²) < 4.78 is 43.1. The Morgan fingerprint density at radius 3 is 2.45 bits per heavy atom. The number of benzene rings is 1. The fraction of sp³-hybridized carbons (Fsp3) is 0.565. The van der Waals surface area contributed by atoms with Crippen LogP contribution < -0.4 is 9.64 Å². The molecule has 0 N–H and O–H groups in total. The molecule has 7 nitrogen and oxygen atoms in total. The van der Waals surface area contributed by atoms with Crippen LogP contribution in [0.4, 0.5) is 10.3 Å². The molecule has 0 amide bonds. The Morgan fingerprint density at radius 1 is 1.15 bits per heavy atom. The molecule has 1 aromatic carbocycles. The van der Waals surface area contributed by atoms with E-state index in [9.17, 15) is 12.8 Å². The van der Waals surface area contributed by atoms with Crippen LogP contribution in [-0.2, 0) is 9.84 Å². The molecule has 1 aromatic heterocycles. The minimum Gasteiger partial charge on any atom is -0.490 e. The van der Waals surface area contributed by atoms with Crippen molar-refractivity contribution in [2.24, 2.45) is 5.92 Å². The van der Waals surface area contributed by atoms with Crippen LogP contribution in [0.5, 0.6) is 5.75 Å². The summed E-state index contributed by atoms with van der Waals surface area (Å²) in [5.41, 5.74) is 0. The molecule has 10 heteroatoms. The molecular formula is C23H30ClFN4O3S. The number of ether oxygens (including phenoxy) is 1. The minimum atomic E-state index is -3.44. The van der Waals surface area contributed by atoms with Crippen LogP contribution in [0.25, 0.3) is 0 Å². The summed E-state index contributed by atoms with van der Waals surface area (Å²) in [6.07, 6.45) is 8.57. The van der Waals surface area contributed by atoms with E-state index in [0.29, 0.717) is 29.6 Å². The topological polar surface area (TPSA) is 75.6 Å². The number of sulfone groups is 1. The molecule has 2 fully saturated rings. The predicted molar refractivity (Wildman–Crippen MR) is 126 cm³/mol. The fourth-order valence-corrected chi connectivity index (χ4v) is 5.57. The Morgan fingerprint density at radius 2 is 1.85 bits per heavy atom. The van der Waals surface area contributed by atoms with Crippen molar-refractivity contribution < 1.29 is 17.5 Å². The molecule has 0 unspecified atom stereocenters. The van der Waals surface area contributed by atoms with Crippen molar-refractivity contribution in [2.75, 3.05) is 37.4 Å². The number of nitrogens with zero attached hydrogens (tertiary/aromatic N) is 4. The quantitative estimate of drug-likeness (QED) is 0.601. The van der Waals surface area contributed by atoms with E-state index in [1.54, 1.807) is 12.4 Å². The Labute approximate surface area is 199 Å². The first-order valence-corrected chi connectivity index (χ1v) is 13.6. The first kappa shape index (κ1) is 24.2. The van der Waals surface area contributed by atoms with Crippen LogP contribution in [0.3, 0.4) is 0 Å². The maximum Gasteiger partial charge on any atom is 0.225 e. The van der Waals surface area contributed by atoms with Crippen molar-refractivity contribution >= 4 is 27.4 Å². The number of halogens is 2. The Kier molecular flexibility index (Phi) is 7.40. The Hall–Kier alpha value is -1.97. The molecule has 1 aliphatic heterocycles. The van der Waals surface area contributed by atoms with Crippen LogP contribution in [0.1, 0.15) is 32.6 Å². The van der Waals surface area contributed by atoms with E-state index in [2.05, 4.69) is 26.7 Å². The molecule has 2 aromatic rings. The van der Waals surface area contributed by atoms with E-state index in [1.165, 1.54) is 12.1 Å². The molecule has 33 heavy (non-hydrogen) atoms. The SMILES string of the molecule is C[C@@H]1CN(c2ncc(Cl)cn2)CCN1C1CCC(COc2ccc(S(C)(=O)=O)cc2F)CC1. The fourth-order valence-electron chi connectivity index (χ4n) is 4.84. The highest BCUT2D eigenvalue weighted by Gasteiger charge is 2.33. The normalized spacial score (nSPS) is 24.6. The number of anilines is 1. The van der Waals surface area contributed by atoms with Gasteiger partial charge in [0, 0.05) is 38.0 Å². The zero-order chi connectivity index (χ0) is 23.6. The molecule has 2 heterocycles. The summed E-state index contributed by atoms with van der Waals surface area (Å²) in [6, 6.07) is 4.76. The number of rotatable bonds is 6. The first-order chi connectivity index (χ1) is 15.7. The molecule has 2 aliphatic rings. The van der Waals surface area contributed by atoms with Crippen LogP contribution in [-0.4, -0.2) is 67.9 Å². The van der Waals surface area contributed by atoms with E-state index in [0.717, 1.165) is 63.6 Å². The van der Waals surface area contributed by atoms with Crippen LogP contribution in [0.15, 0.2) is 35.5 Å². The lowest BCUT2D eigenvalue weighted by molar-refractivity contribution is 0.0773. The van der Waals surface area contributed by atoms with E-state index in [-0.39, 0.29) is 10.6 Å². The third-order valence-corrected chi connectivity index (χ3v) is 7.97. The molecule has 1 aliphatic carbocycles. The molecule has 4 rings (SSSR count). The summed E-state index contributed by atoms with van der Waals surface area (Å²) in [7, 11) is -3.44. The van der Waals surface area contributed by atoms with Crippen LogP contribution in [0.2, 0.25) is 5.02 Å². The molecule has 1 saturated carbocycles. The van der Waals surface area contributed by atoms with Crippen LogP contribution in [0, 0.1) is 11.7 Å². The van der Waals surface area contributed by atoms with Gasteiger partial charge in [-0.25, -0.2) is 22.8 Å². The molecule has 0 spiro atoms. The van der Waals surface area contributed by atoms with Gasteiger partial charge in [-0.2, -0.15) is 0 Å². The van der Waals surface area contributed by atoms with Gasteiger partial charge in [-0.15, -0.1) is 0 Å². The number of aromatic nitrogens is 2. The van der Waals surface area contributed by atoms with Gasteiger partial charge in [-0.1, -0.05) is 11.6 Å². The molecule has 1 saturated heterocycles. The Balaban J connectivity index is 1.25. The third kappa shape index (κ3) is 5.94. The van der Waals surface area contributed by atoms with Crippen molar-refractivity contribution in [1.29, 1.82) is 0 Å². The zero-order valence-corrected chi connectivity index (χ0v) is 20.5. The smallest absolute Gasteiger partial charge is 0.225 e. The minimum absolute atomic E-state index is 0.0373. The number of hydrogen-bond donors (Lipinski definition) is 0. The lowest BCUT2D eigenvalue weighted by Gasteiger charge is -2.46. The second-order valence-electron chi connectivity index (χ2n) is 9.08. The molecule has 0 bridgehead atoms. The summed E-state index contributed by atoms with van der Waals surface area (Å²) >= 11 is 5.90. The van der Waals surface area contributed by atoms with E-state index >= 15 is 0 Å². The van der Waals surface area contributed by atoms with Gasteiger partial charge in [-0.05, 0) is 56.7 Å². The lowest BCUT2D eigenvalue weighted by atomic mass is 9.85. The predicted octanol–water partition coefficient (Wildman–Crippen LogP) is 3.82. The molecule has 1 atom stereocenters. The Bertz CT molecular complexity index is 1060. The highest BCUT2D eigenvalue weighted by Crippen LogP contribution is 2.31. The van der Waals surface area contributed by atoms with Gasteiger partial charge >= 0.3 is 0 Å². The highest BCUT2D eigenvalue weighted by atomic mass is 35.5. The average molecular weight is 497 g/mol. The van der Waals surface area contributed by atoms with Gasteiger partial charge in [0.05, 0.1) is 28.9 Å². The largest absolute Gasteiger partial charge is 0.490 e. The summed E-state index contributed by atoms with van der Waals surface area (Å²) in [5, 5.41) is 0.542. The third-order valence-electron chi connectivity index (χ3n) is 6.66. The van der Waals surface area contributed by atoms with Gasteiger partial charge < -0.3 is 9.64 Å².